The number of hydrogen-bond acceptors (Lipinski definition) is 4. The van der Waals surface area contributed by atoms with Gasteiger partial charge in [0.25, 0.3) is 5.91 Å². The van der Waals surface area contributed by atoms with Crippen molar-refractivity contribution in [2.24, 2.45) is 10.9 Å². The number of nitrogens with one attached hydrogen (secondary N) is 1. The molecule has 1 unspecified atom stereocenters. The van der Waals surface area contributed by atoms with E-state index in [1.54, 1.807) is 35.6 Å². The largest absolute Gasteiger partial charge is 0.409 e. The molecule has 1 aromatic heterocycles. The number of benzene rings is 1. The van der Waals surface area contributed by atoms with Crippen LogP contribution < -0.4 is 11.1 Å². The Labute approximate surface area is 120 Å². The highest BCUT2D eigenvalue weighted by Crippen LogP contribution is 2.18. The summed E-state index contributed by atoms with van der Waals surface area (Å²) in [6, 6.07) is 10.5. The molecule has 0 spiro atoms. The maximum atomic E-state index is 12.1. The van der Waals surface area contributed by atoms with E-state index in [2.05, 4.69) is 10.5 Å². The van der Waals surface area contributed by atoms with Gasteiger partial charge in [0.05, 0.1) is 6.04 Å². The molecular weight excluding hydrogens is 274 g/mol. The maximum absolute atomic E-state index is 12.1. The van der Waals surface area contributed by atoms with Crippen LogP contribution in [0, 0.1) is 0 Å². The third-order valence-electron chi connectivity index (χ3n) is 2.87. The lowest BCUT2D eigenvalue weighted by molar-refractivity contribution is 0.0940. The van der Waals surface area contributed by atoms with Gasteiger partial charge in [0, 0.05) is 16.0 Å². The number of hydrogen-bond donors (Lipinski definition) is 3. The summed E-state index contributed by atoms with van der Waals surface area (Å²) in [7, 11) is 0. The lowest BCUT2D eigenvalue weighted by atomic mass is 10.1. The maximum Gasteiger partial charge on any atom is 0.251 e. The number of nitrogens with zero attached hydrogens (tertiary/aromatic N) is 1. The van der Waals surface area contributed by atoms with Crippen LogP contribution >= 0.6 is 11.3 Å². The number of amides is 1. The molecule has 1 aromatic carbocycles. The summed E-state index contributed by atoms with van der Waals surface area (Å²) in [5.74, 6) is -0.138. The lowest BCUT2D eigenvalue weighted by Gasteiger charge is -2.12. The second-order valence-corrected chi connectivity index (χ2v) is 5.25. The molecular formula is C14H15N3O2S. The highest BCUT2D eigenvalue weighted by atomic mass is 32.1. The zero-order chi connectivity index (χ0) is 14.5. The minimum absolute atomic E-state index is 0.0175. The zero-order valence-corrected chi connectivity index (χ0v) is 11.7. The first-order valence-corrected chi connectivity index (χ1v) is 6.92. The third kappa shape index (κ3) is 3.16. The van der Waals surface area contributed by atoms with Crippen LogP contribution in [0.1, 0.15) is 33.8 Å². The Bertz CT molecular complexity index is 606. The van der Waals surface area contributed by atoms with Crippen molar-refractivity contribution in [2.45, 2.75) is 13.0 Å². The van der Waals surface area contributed by atoms with Crippen molar-refractivity contribution in [3.63, 3.8) is 0 Å². The second-order valence-electron chi connectivity index (χ2n) is 4.27. The SMILES string of the molecule is CC(NC(=O)c1ccc(/C(N)=N/O)cc1)c1cccs1. The number of amidine groups is 1. The summed E-state index contributed by atoms with van der Waals surface area (Å²) in [5.41, 5.74) is 6.56. The minimum Gasteiger partial charge on any atom is -0.409 e. The van der Waals surface area contributed by atoms with E-state index in [1.807, 2.05) is 24.4 Å². The molecule has 0 radical (unpaired) electrons. The van der Waals surface area contributed by atoms with Gasteiger partial charge in [-0.2, -0.15) is 0 Å². The fraction of sp³-hybridized carbons (Fsp3) is 0.143. The summed E-state index contributed by atoms with van der Waals surface area (Å²) < 4.78 is 0. The minimum atomic E-state index is -0.156. The first-order chi connectivity index (χ1) is 9.61. The van der Waals surface area contributed by atoms with E-state index in [0.717, 1.165) is 4.88 Å². The number of rotatable bonds is 4. The predicted octanol–water partition coefficient (Wildman–Crippen LogP) is 2.33. The molecule has 0 aliphatic carbocycles. The van der Waals surface area contributed by atoms with Crippen molar-refractivity contribution in [3.05, 3.63) is 57.8 Å². The fourth-order valence-electron chi connectivity index (χ4n) is 1.74. The van der Waals surface area contributed by atoms with Crippen LogP contribution in [0.3, 0.4) is 0 Å². The summed E-state index contributed by atoms with van der Waals surface area (Å²) in [5, 5.41) is 16.4. The summed E-state index contributed by atoms with van der Waals surface area (Å²) >= 11 is 1.60. The molecule has 0 bridgehead atoms. The van der Waals surface area contributed by atoms with Crippen molar-refractivity contribution in [2.75, 3.05) is 0 Å². The van der Waals surface area contributed by atoms with Crippen molar-refractivity contribution >= 4 is 23.1 Å². The molecule has 6 heteroatoms. The van der Waals surface area contributed by atoms with Gasteiger partial charge in [0.15, 0.2) is 5.84 Å². The van der Waals surface area contributed by atoms with Gasteiger partial charge >= 0.3 is 0 Å². The van der Waals surface area contributed by atoms with Crippen LogP contribution in [0.25, 0.3) is 0 Å². The van der Waals surface area contributed by atoms with Crippen LogP contribution in [-0.4, -0.2) is 17.0 Å². The van der Waals surface area contributed by atoms with Gasteiger partial charge in [0.1, 0.15) is 0 Å². The Morgan fingerprint density at radius 1 is 1.30 bits per heavy atom. The molecule has 4 N–H and O–H groups in total. The Morgan fingerprint density at radius 2 is 1.95 bits per heavy atom. The van der Waals surface area contributed by atoms with Gasteiger partial charge in [0.2, 0.25) is 0 Å². The van der Waals surface area contributed by atoms with Gasteiger partial charge < -0.3 is 16.3 Å². The van der Waals surface area contributed by atoms with Crippen LogP contribution in [0.5, 0.6) is 0 Å². The van der Waals surface area contributed by atoms with Gasteiger partial charge in [-0.1, -0.05) is 23.4 Å². The van der Waals surface area contributed by atoms with Crippen molar-refractivity contribution in [1.29, 1.82) is 0 Å². The average molecular weight is 289 g/mol. The molecule has 0 aliphatic rings. The van der Waals surface area contributed by atoms with Gasteiger partial charge in [-0.3, -0.25) is 4.79 Å². The summed E-state index contributed by atoms with van der Waals surface area (Å²) in [6.45, 7) is 1.94. The molecule has 20 heavy (non-hydrogen) atoms. The number of thiophene rings is 1. The Balaban J connectivity index is 2.06. The molecule has 2 rings (SSSR count). The molecule has 0 saturated carbocycles. The third-order valence-corrected chi connectivity index (χ3v) is 3.92. The quantitative estimate of drug-likeness (QED) is 0.349. The van der Waals surface area contributed by atoms with Gasteiger partial charge in [-0.25, -0.2) is 0 Å². The molecule has 1 amide bonds. The number of nitrogens with two attached hydrogens (primary N) is 1. The average Bonchev–Trinajstić information content (AvgIpc) is 3.01. The van der Waals surface area contributed by atoms with Crippen LogP contribution in [-0.2, 0) is 0 Å². The van der Waals surface area contributed by atoms with Crippen molar-refractivity contribution < 1.29 is 10.0 Å². The van der Waals surface area contributed by atoms with Gasteiger partial charge in [-0.15, -0.1) is 11.3 Å². The van der Waals surface area contributed by atoms with Crippen LogP contribution in [0.15, 0.2) is 46.9 Å². The Kier molecular flexibility index (Phi) is 4.37. The number of carbonyl (C=O) groups is 1. The summed E-state index contributed by atoms with van der Waals surface area (Å²) in [4.78, 5) is 13.2. The van der Waals surface area contributed by atoms with E-state index < -0.39 is 0 Å². The molecule has 1 atom stereocenters. The lowest BCUT2D eigenvalue weighted by Crippen LogP contribution is -2.26. The van der Waals surface area contributed by atoms with E-state index in [9.17, 15) is 4.79 Å². The molecule has 0 saturated heterocycles. The zero-order valence-electron chi connectivity index (χ0n) is 10.9. The normalized spacial score (nSPS) is 12.9. The highest BCUT2D eigenvalue weighted by Gasteiger charge is 2.12. The second kappa shape index (κ2) is 6.21. The molecule has 0 aliphatic heterocycles. The van der Waals surface area contributed by atoms with E-state index in [4.69, 9.17) is 10.9 Å². The number of oxime groups is 1. The molecule has 104 valence electrons. The smallest absolute Gasteiger partial charge is 0.251 e. The standard InChI is InChI=1S/C14H15N3O2S/c1-9(12-3-2-8-20-12)16-14(18)11-6-4-10(5-7-11)13(15)17-19/h2-9,19H,1H3,(H2,15,17)(H,16,18). The van der Waals surface area contributed by atoms with Crippen LogP contribution in [0.2, 0.25) is 0 Å². The summed E-state index contributed by atoms with van der Waals surface area (Å²) in [6.07, 6.45) is 0. The van der Waals surface area contributed by atoms with E-state index >= 15 is 0 Å². The van der Waals surface area contributed by atoms with Crippen LogP contribution in [0.4, 0.5) is 0 Å². The fourth-order valence-corrected chi connectivity index (χ4v) is 2.47. The Hall–Kier alpha value is -2.34. The first-order valence-electron chi connectivity index (χ1n) is 6.04. The van der Waals surface area contributed by atoms with Crippen molar-refractivity contribution in [1.82, 2.24) is 5.32 Å². The van der Waals surface area contributed by atoms with Gasteiger partial charge in [-0.05, 0) is 30.5 Å². The first kappa shape index (κ1) is 14.1. The molecule has 2 aromatic rings. The molecule has 1 heterocycles. The predicted molar refractivity (Wildman–Crippen MR) is 79.2 cm³/mol. The van der Waals surface area contributed by atoms with E-state index in [1.165, 1.54) is 0 Å². The molecule has 0 fully saturated rings. The number of carbonyl (C=O) groups excluding carboxylic acids is 1. The molecule has 5 nitrogen and oxygen atoms in total. The topological polar surface area (TPSA) is 87.7 Å². The van der Waals surface area contributed by atoms with E-state index in [-0.39, 0.29) is 17.8 Å². The monoisotopic (exact) mass is 289 g/mol. The van der Waals surface area contributed by atoms with Crippen molar-refractivity contribution in [3.8, 4) is 0 Å². The highest BCUT2D eigenvalue weighted by molar-refractivity contribution is 7.10. The van der Waals surface area contributed by atoms with E-state index in [0.29, 0.717) is 11.1 Å². The Morgan fingerprint density at radius 3 is 2.50 bits per heavy atom.